The number of rotatable bonds is 4. The van der Waals surface area contributed by atoms with Gasteiger partial charge in [-0.25, -0.2) is 0 Å². The van der Waals surface area contributed by atoms with Crippen LogP contribution in [0.3, 0.4) is 0 Å². The second kappa shape index (κ2) is 7.18. The molecule has 0 bridgehead atoms. The zero-order chi connectivity index (χ0) is 15.4. The van der Waals surface area contributed by atoms with Gasteiger partial charge in [-0.1, -0.05) is 22.9 Å². The lowest BCUT2D eigenvalue weighted by atomic mass is 10.2. The topological polar surface area (TPSA) is 33.0 Å². The van der Waals surface area contributed by atoms with Gasteiger partial charge in [0.25, 0.3) is 5.91 Å². The van der Waals surface area contributed by atoms with Gasteiger partial charge in [0, 0.05) is 27.5 Å². The minimum absolute atomic E-state index is 0.0422. The van der Waals surface area contributed by atoms with Crippen molar-refractivity contribution in [3.63, 3.8) is 0 Å². The van der Waals surface area contributed by atoms with Gasteiger partial charge in [0.15, 0.2) is 11.9 Å². The third-order valence-corrected chi connectivity index (χ3v) is 4.39. The summed E-state index contributed by atoms with van der Waals surface area (Å²) in [6.07, 6.45) is 2.99. The minimum Gasteiger partial charge on any atom is -0.320 e. The number of amides is 1. The summed E-state index contributed by atoms with van der Waals surface area (Å²) in [5.41, 5.74) is 3.06. The van der Waals surface area contributed by atoms with Crippen LogP contribution in [0.25, 0.3) is 0 Å². The second-order valence-corrected chi connectivity index (χ2v) is 6.60. The zero-order valence-corrected chi connectivity index (χ0v) is 15.2. The van der Waals surface area contributed by atoms with Gasteiger partial charge >= 0.3 is 0 Å². The van der Waals surface area contributed by atoms with Gasteiger partial charge in [0.05, 0.1) is 5.69 Å². The van der Waals surface area contributed by atoms with E-state index in [1.165, 1.54) is 5.56 Å². The number of aromatic nitrogens is 1. The summed E-state index contributed by atoms with van der Waals surface area (Å²) in [5, 5.41) is 2.92. The van der Waals surface area contributed by atoms with Crippen LogP contribution in [0.5, 0.6) is 0 Å². The van der Waals surface area contributed by atoms with E-state index in [1.54, 1.807) is 0 Å². The molecular formula is C16H17Br2N2O+. The molecule has 0 aliphatic rings. The quantitative estimate of drug-likeness (QED) is 0.756. The minimum atomic E-state index is -0.0422. The number of aryl methyl sites for hydroxylation is 2. The van der Waals surface area contributed by atoms with Gasteiger partial charge in [-0.2, -0.15) is 4.57 Å². The summed E-state index contributed by atoms with van der Waals surface area (Å²) in [6.45, 7) is 4.42. The molecule has 0 spiro atoms. The molecule has 110 valence electrons. The number of anilines is 1. The molecular weight excluding hydrogens is 396 g/mol. The van der Waals surface area contributed by atoms with E-state index in [-0.39, 0.29) is 5.91 Å². The van der Waals surface area contributed by atoms with E-state index in [1.807, 2.05) is 42.0 Å². The van der Waals surface area contributed by atoms with Crippen molar-refractivity contribution >= 4 is 43.5 Å². The van der Waals surface area contributed by atoms with Crippen LogP contribution in [-0.4, -0.2) is 5.91 Å². The first-order chi connectivity index (χ1) is 9.99. The maximum atomic E-state index is 12.2. The fourth-order valence-electron chi connectivity index (χ4n) is 1.98. The van der Waals surface area contributed by atoms with Crippen molar-refractivity contribution in [2.75, 3.05) is 5.32 Å². The molecule has 0 atom stereocenters. The van der Waals surface area contributed by atoms with Crippen LogP contribution < -0.4 is 9.88 Å². The van der Waals surface area contributed by atoms with E-state index < -0.39 is 0 Å². The highest BCUT2D eigenvalue weighted by Gasteiger charge is 2.14. The van der Waals surface area contributed by atoms with Crippen LogP contribution in [0.15, 0.2) is 45.5 Å². The average Bonchev–Trinajstić information content (AvgIpc) is 2.44. The molecule has 1 aromatic heterocycles. The molecule has 0 radical (unpaired) electrons. The maximum absolute atomic E-state index is 12.2. The Morgan fingerprint density at radius 3 is 2.67 bits per heavy atom. The smallest absolute Gasteiger partial charge is 0.290 e. The summed E-state index contributed by atoms with van der Waals surface area (Å²) in [4.78, 5) is 12.2. The molecule has 0 saturated heterocycles. The molecule has 5 heteroatoms. The molecule has 0 aliphatic heterocycles. The lowest BCUT2D eigenvalue weighted by Crippen LogP contribution is -2.43. The van der Waals surface area contributed by atoms with Crippen LogP contribution in [0, 0.1) is 6.92 Å². The molecule has 1 heterocycles. The zero-order valence-electron chi connectivity index (χ0n) is 12.0. The number of halogens is 2. The van der Waals surface area contributed by atoms with Crippen LogP contribution in [-0.2, 0) is 17.8 Å². The molecule has 1 N–H and O–H groups in total. The molecule has 0 unspecified atom stereocenters. The van der Waals surface area contributed by atoms with Gasteiger partial charge in [-0.15, -0.1) is 0 Å². The van der Waals surface area contributed by atoms with Crippen LogP contribution in [0.2, 0.25) is 0 Å². The molecule has 0 saturated carbocycles. The highest BCUT2D eigenvalue weighted by molar-refractivity contribution is 9.11. The lowest BCUT2D eigenvalue weighted by molar-refractivity contribution is -0.690. The van der Waals surface area contributed by atoms with Crippen molar-refractivity contribution in [3.05, 3.63) is 56.7 Å². The van der Waals surface area contributed by atoms with E-state index in [2.05, 4.69) is 50.2 Å². The fourth-order valence-corrected chi connectivity index (χ4v) is 3.13. The number of carbonyl (C=O) groups is 1. The molecule has 0 fully saturated rings. The van der Waals surface area contributed by atoms with Crippen molar-refractivity contribution in [1.82, 2.24) is 0 Å². The van der Waals surface area contributed by atoms with Crippen molar-refractivity contribution in [1.29, 1.82) is 0 Å². The van der Waals surface area contributed by atoms with Crippen molar-refractivity contribution in [3.8, 4) is 0 Å². The number of nitrogens with one attached hydrogen (secondary N) is 1. The Bertz CT molecular complexity index is 671. The number of benzene rings is 1. The predicted octanol–water partition coefficient (Wildman–Crippen LogP) is 4.01. The third-order valence-electron chi connectivity index (χ3n) is 3.24. The summed E-state index contributed by atoms with van der Waals surface area (Å²) in [6, 6.07) is 9.81. The van der Waals surface area contributed by atoms with Crippen LogP contribution in [0.1, 0.15) is 18.2 Å². The van der Waals surface area contributed by atoms with Gasteiger partial charge in [0.2, 0.25) is 6.54 Å². The number of pyridine rings is 1. The molecule has 3 nitrogen and oxygen atoms in total. The Balaban J connectivity index is 2.11. The molecule has 2 aromatic rings. The predicted molar refractivity (Wildman–Crippen MR) is 91.2 cm³/mol. The van der Waals surface area contributed by atoms with Gasteiger partial charge < -0.3 is 5.32 Å². The fraction of sp³-hybridized carbons (Fsp3) is 0.250. The molecule has 0 aliphatic carbocycles. The number of hydrogen-bond donors (Lipinski definition) is 1. The Hall–Kier alpha value is -1.20. The molecule has 1 amide bonds. The second-order valence-electron chi connectivity index (χ2n) is 4.83. The van der Waals surface area contributed by atoms with E-state index >= 15 is 0 Å². The first-order valence-electron chi connectivity index (χ1n) is 6.73. The number of hydrogen-bond acceptors (Lipinski definition) is 1. The summed E-state index contributed by atoms with van der Waals surface area (Å²) >= 11 is 6.84. The van der Waals surface area contributed by atoms with Gasteiger partial charge in [-0.05, 0) is 46.6 Å². The molecule has 2 rings (SSSR count). The molecule has 21 heavy (non-hydrogen) atoms. The Morgan fingerprint density at radius 1 is 1.24 bits per heavy atom. The summed E-state index contributed by atoms with van der Waals surface area (Å²) in [7, 11) is 0. The SMILES string of the molecule is CCc1ccc(C)[n+](CC(=O)Nc2ccc(Br)cc2Br)c1. The average molecular weight is 413 g/mol. The largest absolute Gasteiger partial charge is 0.320 e. The number of carbonyl (C=O) groups excluding carboxylic acids is 1. The Labute approximate surface area is 141 Å². The van der Waals surface area contributed by atoms with Gasteiger partial charge in [-0.3, -0.25) is 4.79 Å². The third kappa shape index (κ3) is 4.38. The van der Waals surface area contributed by atoms with E-state index in [0.29, 0.717) is 6.54 Å². The van der Waals surface area contributed by atoms with E-state index in [9.17, 15) is 4.79 Å². The molecule has 1 aromatic carbocycles. The summed E-state index contributed by atoms with van der Waals surface area (Å²) < 4.78 is 3.79. The van der Waals surface area contributed by atoms with Crippen LogP contribution >= 0.6 is 31.9 Å². The first kappa shape index (κ1) is 16.2. The van der Waals surface area contributed by atoms with Crippen molar-refractivity contribution in [2.45, 2.75) is 26.8 Å². The normalized spacial score (nSPS) is 10.5. The van der Waals surface area contributed by atoms with Crippen molar-refractivity contribution < 1.29 is 9.36 Å². The standard InChI is InChI=1S/C16H16Br2N2O/c1-3-12-5-4-11(2)20(9-12)10-16(21)19-15-7-6-13(17)8-14(15)18/h4-9H,3,10H2,1-2H3/p+1. The van der Waals surface area contributed by atoms with Gasteiger partial charge in [0.1, 0.15) is 0 Å². The maximum Gasteiger partial charge on any atom is 0.290 e. The lowest BCUT2D eigenvalue weighted by Gasteiger charge is -2.07. The van der Waals surface area contributed by atoms with Crippen LogP contribution in [0.4, 0.5) is 5.69 Å². The Morgan fingerprint density at radius 2 is 2.00 bits per heavy atom. The van der Waals surface area contributed by atoms with E-state index in [4.69, 9.17) is 0 Å². The highest BCUT2D eigenvalue weighted by Crippen LogP contribution is 2.25. The highest BCUT2D eigenvalue weighted by atomic mass is 79.9. The monoisotopic (exact) mass is 411 g/mol. The number of nitrogens with zero attached hydrogens (tertiary/aromatic N) is 1. The van der Waals surface area contributed by atoms with Crippen molar-refractivity contribution in [2.24, 2.45) is 0 Å². The Kier molecular flexibility index (Phi) is 5.53. The van der Waals surface area contributed by atoms with E-state index in [0.717, 1.165) is 26.7 Å². The first-order valence-corrected chi connectivity index (χ1v) is 8.32. The summed E-state index contributed by atoms with van der Waals surface area (Å²) in [5.74, 6) is -0.0422.